The Morgan fingerprint density at radius 1 is 1.25 bits per heavy atom. The maximum Gasteiger partial charge on any atom is 0.131 e. The van der Waals surface area contributed by atoms with E-state index in [0.717, 1.165) is 30.2 Å². The first-order valence-corrected chi connectivity index (χ1v) is 6.60. The summed E-state index contributed by atoms with van der Waals surface area (Å²) in [7, 11) is 0. The molecule has 0 atom stereocenters. The number of rotatable bonds is 5. The maximum absolute atomic E-state index is 8.95. The third-order valence-electron chi connectivity index (χ3n) is 2.68. The van der Waals surface area contributed by atoms with Crippen molar-refractivity contribution in [1.29, 1.82) is 5.26 Å². The van der Waals surface area contributed by atoms with Gasteiger partial charge in [0.25, 0.3) is 0 Å². The molecule has 1 N–H and O–H groups in total. The lowest BCUT2D eigenvalue weighted by Gasteiger charge is -2.08. The van der Waals surface area contributed by atoms with Crippen LogP contribution >= 0.6 is 0 Å². The number of benzene rings is 1. The molecule has 4 nitrogen and oxygen atoms in total. The van der Waals surface area contributed by atoms with Crippen molar-refractivity contribution >= 4 is 11.5 Å². The van der Waals surface area contributed by atoms with E-state index in [-0.39, 0.29) is 0 Å². The van der Waals surface area contributed by atoms with Crippen molar-refractivity contribution in [2.24, 2.45) is 0 Å². The van der Waals surface area contributed by atoms with Crippen molar-refractivity contribution in [3.05, 3.63) is 47.7 Å². The minimum Gasteiger partial charge on any atom is -0.494 e. The zero-order chi connectivity index (χ0) is 14.4. The SMILES string of the molecule is CCCOc1ccc(Nc2cc(C#N)cc(C)n2)cc1. The van der Waals surface area contributed by atoms with Crippen molar-refractivity contribution in [2.45, 2.75) is 20.3 Å². The van der Waals surface area contributed by atoms with Crippen LogP contribution in [0.15, 0.2) is 36.4 Å². The zero-order valence-electron chi connectivity index (χ0n) is 11.7. The predicted molar refractivity (Wildman–Crippen MR) is 79.2 cm³/mol. The summed E-state index contributed by atoms with van der Waals surface area (Å²) >= 11 is 0. The Bertz CT molecular complexity index is 615. The topological polar surface area (TPSA) is 57.9 Å². The van der Waals surface area contributed by atoms with Gasteiger partial charge in [0, 0.05) is 11.4 Å². The Balaban J connectivity index is 2.10. The van der Waals surface area contributed by atoms with Gasteiger partial charge in [-0.05, 0) is 49.7 Å². The van der Waals surface area contributed by atoms with Crippen molar-refractivity contribution in [2.75, 3.05) is 11.9 Å². The highest BCUT2D eigenvalue weighted by Crippen LogP contribution is 2.20. The highest BCUT2D eigenvalue weighted by Gasteiger charge is 2.01. The van der Waals surface area contributed by atoms with E-state index in [0.29, 0.717) is 11.4 Å². The number of aromatic nitrogens is 1. The smallest absolute Gasteiger partial charge is 0.131 e. The van der Waals surface area contributed by atoms with Gasteiger partial charge in [0.2, 0.25) is 0 Å². The van der Waals surface area contributed by atoms with Crippen LogP contribution in [0.3, 0.4) is 0 Å². The lowest BCUT2D eigenvalue weighted by atomic mass is 10.2. The van der Waals surface area contributed by atoms with Crippen LogP contribution < -0.4 is 10.1 Å². The third kappa shape index (κ3) is 3.72. The van der Waals surface area contributed by atoms with Crippen molar-refractivity contribution in [3.8, 4) is 11.8 Å². The average Bonchev–Trinajstić information content (AvgIpc) is 2.46. The molecule has 0 saturated carbocycles. The molecule has 0 aliphatic rings. The van der Waals surface area contributed by atoms with Gasteiger partial charge < -0.3 is 10.1 Å². The fourth-order valence-electron chi connectivity index (χ4n) is 1.80. The van der Waals surface area contributed by atoms with Gasteiger partial charge >= 0.3 is 0 Å². The van der Waals surface area contributed by atoms with E-state index in [2.05, 4.69) is 23.3 Å². The Hall–Kier alpha value is -2.54. The quantitative estimate of drug-likeness (QED) is 0.895. The van der Waals surface area contributed by atoms with E-state index < -0.39 is 0 Å². The average molecular weight is 267 g/mol. The summed E-state index contributed by atoms with van der Waals surface area (Å²) in [6.45, 7) is 4.66. The van der Waals surface area contributed by atoms with Gasteiger partial charge in [-0.25, -0.2) is 4.98 Å². The fourth-order valence-corrected chi connectivity index (χ4v) is 1.80. The molecule has 0 spiro atoms. The summed E-state index contributed by atoms with van der Waals surface area (Å²) in [5, 5.41) is 12.1. The second kappa shape index (κ2) is 6.58. The highest BCUT2D eigenvalue weighted by atomic mass is 16.5. The van der Waals surface area contributed by atoms with Gasteiger partial charge in [-0.15, -0.1) is 0 Å². The van der Waals surface area contributed by atoms with Crippen LogP contribution in [-0.4, -0.2) is 11.6 Å². The number of anilines is 2. The number of hydrogen-bond acceptors (Lipinski definition) is 4. The second-order valence-electron chi connectivity index (χ2n) is 4.49. The minimum absolute atomic E-state index is 0.600. The third-order valence-corrected chi connectivity index (χ3v) is 2.68. The summed E-state index contributed by atoms with van der Waals surface area (Å²) in [5.74, 6) is 1.52. The summed E-state index contributed by atoms with van der Waals surface area (Å²) < 4.78 is 5.53. The molecular weight excluding hydrogens is 250 g/mol. The van der Waals surface area contributed by atoms with Gasteiger partial charge in [-0.3, -0.25) is 0 Å². The van der Waals surface area contributed by atoms with Crippen molar-refractivity contribution < 1.29 is 4.74 Å². The highest BCUT2D eigenvalue weighted by molar-refractivity contribution is 5.58. The summed E-state index contributed by atoms with van der Waals surface area (Å²) in [6, 6.07) is 13.3. The molecule has 2 aromatic rings. The summed E-state index contributed by atoms with van der Waals surface area (Å²) in [5.41, 5.74) is 2.33. The van der Waals surface area contributed by atoms with Crippen LogP contribution in [0, 0.1) is 18.3 Å². The van der Waals surface area contributed by atoms with Crippen LogP contribution in [0.2, 0.25) is 0 Å². The van der Waals surface area contributed by atoms with Gasteiger partial charge in [0.1, 0.15) is 11.6 Å². The molecule has 2 rings (SSSR count). The van der Waals surface area contributed by atoms with E-state index >= 15 is 0 Å². The van der Waals surface area contributed by atoms with Gasteiger partial charge in [-0.1, -0.05) is 6.92 Å². The molecule has 0 radical (unpaired) electrons. The Kier molecular flexibility index (Phi) is 4.56. The standard InChI is InChI=1S/C16H17N3O/c1-3-8-20-15-6-4-14(5-7-15)19-16-10-13(11-17)9-12(2)18-16/h4-7,9-10H,3,8H2,1-2H3,(H,18,19). The molecular formula is C16H17N3O. The number of pyridine rings is 1. The lowest BCUT2D eigenvalue weighted by molar-refractivity contribution is 0.317. The first kappa shape index (κ1) is 13.9. The maximum atomic E-state index is 8.95. The van der Waals surface area contributed by atoms with Crippen molar-refractivity contribution in [1.82, 2.24) is 4.98 Å². The first-order chi connectivity index (χ1) is 9.71. The van der Waals surface area contributed by atoms with Crippen LogP contribution in [0.5, 0.6) is 5.75 Å². The van der Waals surface area contributed by atoms with Crippen LogP contribution in [0.1, 0.15) is 24.6 Å². The number of nitrogens with one attached hydrogen (secondary N) is 1. The number of aryl methyl sites for hydroxylation is 1. The van der Waals surface area contributed by atoms with Gasteiger partial charge in [0.15, 0.2) is 0 Å². The molecule has 0 unspecified atom stereocenters. The summed E-state index contributed by atoms with van der Waals surface area (Å²) in [6.07, 6.45) is 0.990. The molecule has 20 heavy (non-hydrogen) atoms. The normalized spacial score (nSPS) is 9.85. The van der Waals surface area contributed by atoms with Crippen LogP contribution in [-0.2, 0) is 0 Å². The molecule has 0 amide bonds. The van der Waals surface area contributed by atoms with Crippen LogP contribution in [0.4, 0.5) is 11.5 Å². The predicted octanol–water partition coefficient (Wildman–Crippen LogP) is 3.79. The monoisotopic (exact) mass is 267 g/mol. The Morgan fingerprint density at radius 3 is 2.65 bits per heavy atom. The molecule has 0 aliphatic carbocycles. The molecule has 1 aromatic heterocycles. The summed E-state index contributed by atoms with van der Waals surface area (Å²) in [4.78, 5) is 4.36. The zero-order valence-corrected chi connectivity index (χ0v) is 11.7. The Morgan fingerprint density at radius 2 is 2.00 bits per heavy atom. The molecule has 0 aliphatic heterocycles. The van der Waals surface area contributed by atoms with E-state index in [1.807, 2.05) is 31.2 Å². The van der Waals surface area contributed by atoms with E-state index in [1.165, 1.54) is 0 Å². The second-order valence-corrected chi connectivity index (χ2v) is 4.49. The number of ether oxygens (including phenoxy) is 1. The van der Waals surface area contributed by atoms with Crippen molar-refractivity contribution in [3.63, 3.8) is 0 Å². The van der Waals surface area contributed by atoms with Crippen LogP contribution in [0.25, 0.3) is 0 Å². The molecule has 102 valence electrons. The molecule has 1 heterocycles. The van der Waals surface area contributed by atoms with E-state index in [9.17, 15) is 0 Å². The van der Waals surface area contributed by atoms with E-state index in [4.69, 9.17) is 10.00 Å². The fraction of sp³-hybridized carbons (Fsp3) is 0.250. The molecule has 0 bridgehead atoms. The Labute approximate surface area is 119 Å². The lowest BCUT2D eigenvalue weighted by Crippen LogP contribution is -1.97. The first-order valence-electron chi connectivity index (χ1n) is 6.60. The molecule has 0 fully saturated rings. The molecule has 1 aromatic carbocycles. The van der Waals surface area contributed by atoms with E-state index in [1.54, 1.807) is 12.1 Å². The largest absolute Gasteiger partial charge is 0.494 e. The number of hydrogen-bond donors (Lipinski definition) is 1. The number of nitriles is 1. The molecule has 0 saturated heterocycles. The van der Waals surface area contributed by atoms with Gasteiger partial charge in [0.05, 0.1) is 18.2 Å². The molecule has 4 heteroatoms. The van der Waals surface area contributed by atoms with Gasteiger partial charge in [-0.2, -0.15) is 5.26 Å². The number of nitrogens with zero attached hydrogens (tertiary/aromatic N) is 2. The minimum atomic E-state index is 0.600.